The largest absolute Gasteiger partial charge is 0.480 e. The molecule has 3 aromatic heterocycles. The number of fused-ring (bicyclic) bond motifs is 4. The zero-order chi connectivity index (χ0) is 58.2. The lowest BCUT2D eigenvalue weighted by Crippen LogP contribution is -2.52. The molecule has 5 aromatic rings. The fourth-order valence-corrected chi connectivity index (χ4v) is 9.68. The van der Waals surface area contributed by atoms with Gasteiger partial charge >= 0.3 is 36.3 Å². The Labute approximate surface area is 437 Å². The molecule has 0 radical (unpaired) electrons. The van der Waals surface area contributed by atoms with Crippen LogP contribution in [0.5, 0.6) is 0 Å². The van der Waals surface area contributed by atoms with Gasteiger partial charge in [-0.2, -0.15) is 49.6 Å². The van der Waals surface area contributed by atoms with Crippen LogP contribution in [-0.2, 0) is 75.4 Å². The van der Waals surface area contributed by atoms with Gasteiger partial charge in [-0.15, -0.1) is 0 Å². The summed E-state index contributed by atoms with van der Waals surface area (Å²) >= 11 is 6.57. The van der Waals surface area contributed by atoms with Crippen LogP contribution >= 0.6 is 11.6 Å². The maximum absolute atomic E-state index is 15.6. The van der Waals surface area contributed by atoms with Crippen molar-refractivity contribution in [2.24, 2.45) is 5.92 Å². The van der Waals surface area contributed by atoms with E-state index in [1.54, 1.807) is 5.32 Å². The molecule has 2 aliphatic rings. The molecule has 3 heterocycles. The van der Waals surface area contributed by atoms with Crippen LogP contribution in [0.1, 0.15) is 66.1 Å². The molecule has 4 atom stereocenters. The highest BCUT2D eigenvalue weighted by Crippen LogP contribution is 2.68. The molecular weight excluding hydrogens is 1130 g/mol. The van der Waals surface area contributed by atoms with Gasteiger partial charge in [0.05, 0.1) is 33.9 Å². The summed E-state index contributed by atoms with van der Waals surface area (Å²) in [6, 6.07) is -0.478. The number of sulfonamides is 1. The Balaban J connectivity index is 1.47. The zero-order valence-electron chi connectivity index (χ0n) is 40.0. The van der Waals surface area contributed by atoms with Gasteiger partial charge in [0.15, 0.2) is 27.4 Å². The number of carbonyl (C=O) groups excluding carboxylic acids is 3. The summed E-state index contributed by atoms with van der Waals surface area (Å²) in [7, 11) is -9.17. The fraction of sp³-hybridized carbons (Fsp3) is 0.378. The minimum absolute atomic E-state index is 0.0730. The van der Waals surface area contributed by atoms with Crippen LogP contribution in [0.3, 0.4) is 0 Å². The molecule has 4 N–H and O–H groups in total. The number of anilines is 1. The van der Waals surface area contributed by atoms with Gasteiger partial charge in [-0.25, -0.2) is 49.8 Å². The third-order valence-corrected chi connectivity index (χ3v) is 15.4. The lowest BCUT2D eigenvalue weighted by atomic mass is 9.93. The van der Waals surface area contributed by atoms with Crippen molar-refractivity contribution < 1.29 is 99.7 Å². The fourth-order valence-electron chi connectivity index (χ4n) is 8.41. The molecule has 78 heavy (non-hydrogen) atoms. The Morgan fingerprint density at radius 3 is 2.12 bits per heavy atom. The molecule has 1 fully saturated rings. The summed E-state index contributed by atoms with van der Waals surface area (Å²) < 4.78 is 202. The number of hydrogen-bond acceptors (Lipinski definition) is 13. The number of carboxylic acid groups (broad SMARTS) is 2. The predicted octanol–water partition coefficient (Wildman–Crippen LogP) is 5.85. The maximum Gasteiger partial charge on any atom is 0.435 e. The van der Waals surface area contributed by atoms with E-state index in [1.165, 1.54) is 13.8 Å². The number of ether oxygens (including phenoxy) is 1. The van der Waals surface area contributed by atoms with Gasteiger partial charge in [0.25, 0.3) is 5.92 Å². The van der Waals surface area contributed by atoms with Gasteiger partial charge in [-0.3, -0.25) is 14.2 Å². The summed E-state index contributed by atoms with van der Waals surface area (Å²) in [6.45, 7) is -2.62. The SMILES string of the molecule is CC(C)(C#Cc1ccc(-c2ccc(Cl)c3c(N(C(=O)N[C@@H](COC(=O)C(=O)O)C(=O)O)S(C)(=O)=O)nn(CC(F)(F)F)c23)c([C@H](Cc2cc(F)cc(F)c2)NC(=O)Cn2nc(C(F)(F)F)c3c2C(F)(F)[C@@H]2C[C@H]32)n1)S(C)(=O)=O. The number of aromatic nitrogens is 5. The molecule has 2 aliphatic carbocycles. The second kappa shape index (κ2) is 20.4. The van der Waals surface area contributed by atoms with Crippen LogP contribution in [0.4, 0.5) is 54.5 Å². The van der Waals surface area contributed by atoms with Gasteiger partial charge in [-0.05, 0) is 74.4 Å². The first-order valence-corrected chi connectivity index (χ1v) is 26.2. The van der Waals surface area contributed by atoms with E-state index in [2.05, 4.69) is 37.1 Å². The van der Waals surface area contributed by atoms with E-state index < -0.39 is 196 Å². The van der Waals surface area contributed by atoms with E-state index in [0.717, 1.165) is 42.7 Å². The molecule has 0 unspecified atom stereocenters. The maximum atomic E-state index is 15.6. The minimum atomic E-state index is -5.29. The third-order valence-electron chi connectivity index (χ3n) is 12.2. The Morgan fingerprint density at radius 1 is 0.923 bits per heavy atom. The summed E-state index contributed by atoms with van der Waals surface area (Å²) in [5, 5.41) is 28.1. The lowest BCUT2D eigenvalue weighted by Gasteiger charge is -2.23. The van der Waals surface area contributed by atoms with Gasteiger partial charge in [0.1, 0.15) is 47.5 Å². The van der Waals surface area contributed by atoms with E-state index >= 15 is 8.78 Å². The number of alkyl halides is 8. The number of nitrogens with one attached hydrogen (secondary N) is 2. The van der Waals surface area contributed by atoms with Crippen LogP contribution in [0.25, 0.3) is 22.0 Å². The van der Waals surface area contributed by atoms with Gasteiger partial charge in [0.2, 0.25) is 15.9 Å². The number of nitrogens with zero attached hydrogens (tertiary/aromatic N) is 6. The van der Waals surface area contributed by atoms with Crippen molar-refractivity contribution in [3.05, 3.63) is 93.0 Å². The Hall–Kier alpha value is -7.53. The Kier molecular flexibility index (Phi) is 15.2. The number of rotatable bonds is 15. The standard InChI is InChI=1S/C45H37ClF10N8O12S2/c1-42(2,77(3,72)73)10-9-22-5-6-23(24-7-8-27(46)32-34(24)63(18-43(49,50)51)61-37(32)64(78(4,74)75)41(71)59-29(38(66)67)17-76-40(70)39(68)69)33(57-22)28(13-19-11-20(47)14-21(48)12-19)58-30(65)16-62-36-31(35(60-62)45(54,55)56)25-15-26(25)44(36,52)53/h5-8,11-12,14,25-26,28-29H,13,15-18H2,1-4H3,(H,58,65)(H,59,71)(H,66,67)(H,68,69)/t25-,26+,28-,29-/m0/s1. The molecular formula is C45H37ClF10N8O12S2. The Morgan fingerprint density at radius 2 is 1.55 bits per heavy atom. The normalized spacial score (nSPS) is 16.8. The van der Waals surface area contributed by atoms with E-state index in [0.29, 0.717) is 12.3 Å². The van der Waals surface area contributed by atoms with Crippen molar-refractivity contribution in [3.63, 3.8) is 0 Å². The summed E-state index contributed by atoms with van der Waals surface area (Å²) in [4.78, 5) is 67.1. The van der Waals surface area contributed by atoms with Crippen molar-refractivity contribution in [1.82, 2.24) is 35.2 Å². The molecule has 418 valence electrons. The minimum Gasteiger partial charge on any atom is -0.480 e. The van der Waals surface area contributed by atoms with E-state index in [9.17, 15) is 81.0 Å². The van der Waals surface area contributed by atoms with E-state index in [4.69, 9.17) is 16.7 Å². The Bertz CT molecular complexity index is 3630. The molecule has 3 amide bonds. The number of carboxylic acids is 2. The zero-order valence-corrected chi connectivity index (χ0v) is 42.4. The first kappa shape index (κ1) is 58.2. The average Bonchev–Trinajstić information content (AvgIpc) is 4.07. The number of pyridine rings is 1. The van der Waals surface area contributed by atoms with Gasteiger partial charge in [0, 0.05) is 34.9 Å². The van der Waals surface area contributed by atoms with Gasteiger partial charge in [-0.1, -0.05) is 23.6 Å². The molecule has 0 saturated heterocycles. The molecule has 0 spiro atoms. The molecule has 0 bridgehead atoms. The average molecular weight is 1170 g/mol. The molecule has 33 heteroatoms. The quantitative estimate of drug-likeness (QED) is 0.0414. The molecule has 0 aliphatic heterocycles. The number of benzene rings is 2. The number of hydrogen-bond donors (Lipinski definition) is 4. The van der Waals surface area contributed by atoms with Crippen molar-refractivity contribution in [3.8, 4) is 23.0 Å². The topological polar surface area (TPSA) is 279 Å². The van der Waals surface area contributed by atoms with Crippen molar-refractivity contribution in [1.29, 1.82) is 0 Å². The smallest absolute Gasteiger partial charge is 0.435 e. The molecule has 1 saturated carbocycles. The number of esters is 1. The van der Waals surface area contributed by atoms with E-state index in [1.807, 2.05) is 0 Å². The third kappa shape index (κ3) is 12.0. The highest BCUT2D eigenvalue weighted by atomic mass is 35.5. The molecule has 20 nitrogen and oxygen atoms in total. The van der Waals surface area contributed by atoms with Crippen molar-refractivity contribution in [2.75, 3.05) is 23.4 Å². The van der Waals surface area contributed by atoms with Crippen LogP contribution in [0.2, 0.25) is 5.02 Å². The molecule has 2 aromatic carbocycles. The second-order valence-electron chi connectivity index (χ2n) is 18.3. The highest BCUT2D eigenvalue weighted by Gasteiger charge is 2.68. The second-order valence-corrected chi connectivity index (χ2v) is 23.1. The number of amides is 3. The number of carbonyl (C=O) groups is 5. The number of aliphatic carboxylic acids is 2. The van der Waals surface area contributed by atoms with Crippen LogP contribution in [0.15, 0.2) is 42.5 Å². The number of sulfone groups is 1. The van der Waals surface area contributed by atoms with E-state index in [-0.39, 0.29) is 25.7 Å². The summed E-state index contributed by atoms with van der Waals surface area (Å²) in [6.07, 6.45) is -10.6. The van der Waals surface area contributed by atoms with Crippen molar-refractivity contribution >= 4 is 78.0 Å². The van der Waals surface area contributed by atoms with Crippen LogP contribution in [0, 0.1) is 29.4 Å². The van der Waals surface area contributed by atoms with Crippen molar-refractivity contribution in [2.45, 2.75) is 80.8 Å². The summed E-state index contributed by atoms with van der Waals surface area (Å²) in [5.41, 5.74) is -6.87. The first-order chi connectivity index (χ1) is 35.8. The summed E-state index contributed by atoms with van der Waals surface area (Å²) in [5.74, 6) is -13.1. The van der Waals surface area contributed by atoms with Crippen LogP contribution in [-0.4, -0.2) is 118 Å². The predicted molar refractivity (Wildman–Crippen MR) is 249 cm³/mol. The molecule has 7 rings (SSSR count). The van der Waals surface area contributed by atoms with Gasteiger partial charge < -0.3 is 25.6 Å². The highest BCUT2D eigenvalue weighted by molar-refractivity contribution is 7.93. The first-order valence-electron chi connectivity index (χ1n) is 22.0. The number of halogens is 11. The lowest BCUT2D eigenvalue weighted by molar-refractivity contribution is -0.165. The monoisotopic (exact) mass is 1170 g/mol. The van der Waals surface area contributed by atoms with Crippen LogP contribution < -0.4 is 14.9 Å². The number of urea groups is 1.